The summed E-state index contributed by atoms with van der Waals surface area (Å²) in [5, 5.41) is 1.30. The van der Waals surface area contributed by atoms with E-state index in [1.807, 2.05) is 0 Å². The molecule has 1 aromatic heterocycles. The highest BCUT2D eigenvalue weighted by atomic mass is 35.7. The monoisotopic (exact) mass is 333 g/mol. The van der Waals surface area contributed by atoms with Gasteiger partial charge in [0.1, 0.15) is 7.05 Å². The van der Waals surface area contributed by atoms with Crippen molar-refractivity contribution in [1.82, 2.24) is 0 Å². The third kappa shape index (κ3) is 4.72. The summed E-state index contributed by atoms with van der Waals surface area (Å²) in [6.45, 7) is 2.15. The van der Waals surface area contributed by atoms with E-state index in [4.69, 9.17) is 18.6 Å². The van der Waals surface area contributed by atoms with Crippen LogP contribution < -0.4 is 23.2 Å². The molecule has 1 heterocycles. The summed E-state index contributed by atoms with van der Waals surface area (Å²) in [5.74, 6) is 0. The molecule has 0 fully saturated rings. The molecule has 3 rings (SSSR count). The number of nitrogens with zero attached hydrogens (tertiary/aromatic N) is 1. The standard InChI is InChI=1S/C17H16N.ClHO4/c1-13-12-16(14-8-4-3-5-9-14)15-10-6-7-11-17(15)18(13)2;2-1(3,4)5/h3-12H,1-2H3;(H,2,3,4,5)/q+1;/p-1. The number of fused-ring (bicyclic) bond motifs is 1. The van der Waals surface area contributed by atoms with E-state index >= 15 is 0 Å². The maximum atomic E-state index is 8.49. The summed E-state index contributed by atoms with van der Waals surface area (Å²) in [6, 6.07) is 21.4. The summed E-state index contributed by atoms with van der Waals surface area (Å²) in [4.78, 5) is 0. The molecule has 0 saturated carbocycles. The number of rotatable bonds is 1. The molecule has 0 atom stereocenters. The van der Waals surface area contributed by atoms with Gasteiger partial charge in [0.25, 0.3) is 0 Å². The van der Waals surface area contributed by atoms with Crippen LogP contribution in [-0.4, -0.2) is 0 Å². The lowest BCUT2D eigenvalue weighted by Gasteiger charge is -2.17. The average molecular weight is 334 g/mol. The second-order valence-electron chi connectivity index (χ2n) is 5.02. The van der Waals surface area contributed by atoms with Crippen LogP contribution in [0.25, 0.3) is 22.0 Å². The van der Waals surface area contributed by atoms with Crippen molar-refractivity contribution in [3.05, 3.63) is 66.4 Å². The van der Waals surface area contributed by atoms with E-state index in [0.717, 1.165) is 0 Å². The van der Waals surface area contributed by atoms with Crippen molar-refractivity contribution in [3.63, 3.8) is 0 Å². The molecular weight excluding hydrogens is 318 g/mol. The van der Waals surface area contributed by atoms with Gasteiger partial charge in [-0.25, -0.2) is 18.6 Å². The Morgan fingerprint density at radius 3 is 1.96 bits per heavy atom. The molecule has 120 valence electrons. The van der Waals surface area contributed by atoms with Crippen molar-refractivity contribution in [1.29, 1.82) is 0 Å². The number of benzene rings is 2. The first-order chi connectivity index (χ1) is 10.8. The van der Waals surface area contributed by atoms with Crippen LogP contribution in [0.1, 0.15) is 5.69 Å². The summed E-state index contributed by atoms with van der Waals surface area (Å²) in [5.41, 5.74) is 5.13. The van der Waals surface area contributed by atoms with Crippen LogP contribution in [0.3, 0.4) is 0 Å². The van der Waals surface area contributed by atoms with Crippen molar-refractivity contribution < 1.29 is 33.4 Å². The topological polar surface area (TPSA) is 96.1 Å². The molecule has 0 saturated heterocycles. The number of hydrogen-bond acceptors (Lipinski definition) is 4. The summed E-state index contributed by atoms with van der Waals surface area (Å²) in [6.07, 6.45) is 0. The second kappa shape index (κ2) is 7.04. The van der Waals surface area contributed by atoms with Crippen LogP contribution in [0.4, 0.5) is 0 Å². The summed E-state index contributed by atoms with van der Waals surface area (Å²) in [7, 11) is -2.83. The summed E-state index contributed by atoms with van der Waals surface area (Å²) < 4.78 is 36.2. The largest absolute Gasteiger partial charge is 0.222 e. The van der Waals surface area contributed by atoms with Crippen LogP contribution in [0.15, 0.2) is 60.7 Å². The Hall–Kier alpha value is -2.02. The van der Waals surface area contributed by atoms with E-state index < -0.39 is 10.2 Å². The molecule has 5 nitrogen and oxygen atoms in total. The molecule has 6 heteroatoms. The van der Waals surface area contributed by atoms with Crippen LogP contribution in [0.2, 0.25) is 0 Å². The number of halogens is 1. The molecular formula is C17H16ClNO4. The van der Waals surface area contributed by atoms with E-state index in [9.17, 15) is 0 Å². The van der Waals surface area contributed by atoms with Gasteiger partial charge < -0.3 is 0 Å². The quantitative estimate of drug-likeness (QED) is 0.527. The fourth-order valence-corrected chi connectivity index (χ4v) is 2.42. The van der Waals surface area contributed by atoms with Crippen LogP contribution in [0, 0.1) is 17.2 Å². The first-order valence-electron chi connectivity index (χ1n) is 6.83. The minimum atomic E-state index is -4.94. The lowest BCUT2D eigenvalue weighted by Crippen LogP contribution is -2.68. The number of aryl methyl sites for hydroxylation is 2. The van der Waals surface area contributed by atoms with Crippen molar-refractivity contribution >= 4 is 10.9 Å². The Bertz CT molecular complexity index is 795. The average Bonchev–Trinajstić information content (AvgIpc) is 2.50. The predicted molar refractivity (Wildman–Crippen MR) is 75.3 cm³/mol. The lowest BCUT2D eigenvalue weighted by molar-refractivity contribution is -2.00. The molecule has 3 aromatic rings. The van der Waals surface area contributed by atoms with E-state index in [1.54, 1.807) is 0 Å². The molecule has 0 aliphatic rings. The minimum absolute atomic E-state index is 1.27. The normalized spacial score (nSPS) is 11.0. The van der Waals surface area contributed by atoms with E-state index in [1.165, 1.54) is 27.7 Å². The molecule has 0 aliphatic heterocycles. The number of aromatic nitrogens is 1. The van der Waals surface area contributed by atoms with Gasteiger partial charge in [-0.1, -0.05) is 42.5 Å². The van der Waals surface area contributed by atoms with E-state index in [0.29, 0.717) is 0 Å². The van der Waals surface area contributed by atoms with Crippen molar-refractivity contribution in [3.8, 4) is 11.1 Å². The fourth-order valence-electron chi connectivity index (χ4n) is 2.42. The van der Waals surface area contributed by atoms with E-state index in [-0.39, 0.29) is 0 Å². The van der Waals surface area contributed by atoms with Gasteiger partial charge in [0, 0.05) is 24.6 Å². The third-order valence-electron chi connectivity index (χ3n) is 3.52. The Morgan fingerprint density at radius 2 is 1.35 bits per heavy atom. The molecule has 0 amide bonds. The zero-order valence-corrected chi connectivity index (χ0v) is 13.5. The van der Waals surface area contributed by atoms with Crippen molar-refractivity contribution in [2.24, 2.45) is 7.05 Å². The zero-order chi connectivity index (χ0) is 17.0. The Balaban J connectivity index is 0.000000338. The molecule has 23 heavy (non-hydrogen) atoms. The zero-order valence-electron chi connectivity index (χ0n) is 12.7. The first-order valence-corrected chi connectivity index (χ1v) is 8.06. The Morgan fingerprint density at radius 1 is 0.826 bits per heavy atom. The number of hydrogen-bond donors (Lipinski definition) is 0. The molecule has 0 unspecified atom stereocenters. The third-order valence-corrected chi connectivity index (χ3v) is 3.52. The lowest BCUT2D eigenvalue weighted by atomic mass is 10.00. The molecule has 0 spiro atoms. The smallest absolute Gasteiger partial charge is 0.213 e. The van der Waals surface area contributed by atoms with Gasteiger partial charge in [-0.05, 0) is 11.6 Å². The molecule has 2 aromatic carbocycles. The number of para-hydroxylation sites is 1. The second-order valence-corrected chi connectivity index (χ2v) is 5.78. The minimum Gasteiger partial charge on any atom is -0.222 e. The molecule has 0 N–H and O–H groups in total. The Kier molecular flexibility index (Phi) is 5.30. The van der Waals surface area contributed by atoms with Crippen LogP contribution >= 0.6 is 0 Å². The maximum Gasteiger partial charge on any atom is 0.213 e. The van der Waals surface area contributed by atoms with Crippen molar-refractivity contribution in [2.75, 3.05) is 0 Å². The Labute approximate surface area is 136 Å². The highest BCUT2D eigenvalue weighted by molar-refractivity contribution is 5.92. The van der Waals surface area contributed by atoms with E-state index in [2.05, 4.69) is 79.2 Å². The molecule has 0 radical (unpaired) electrons. The first kappa shape index (κ1) is 17.3. The number of pyridine rings is 1. The molecule has 0 bridgehead atoms. The maximum absolute atomic E-state index is 8.49. The van der Waals surface area contributed by atoms with Crippen LogP contribution in [0.5, 0.6) is 0 Å². The van der Waals surface area contributed by atoms with Gasteiger partial charge >= 0.3 is 0 Å². The highest BCUT2D eigenvalue weighted by Crippen LogP contribution is 2.27. The molecule has 0 aliphatic carbocycles. The van der Waals surface area contributed by atoms with Gasteiger partial charge in [-0.15, -0.1) is 10.2 Å². The van der Waals surface area contributed by atoms with Crippen LogP contribution in [-0.2, 0) is 7.05 Å². The van der Waals surface area contributed by atoms with Gasteiger partial charge in [0.15, 0.2) is 5.69 Å². The van der Waals surface area contributed by atoms with Gasteiger partial charge in [0.05, 0.1) is 5.39 Å². The van der Waals surface area contributed by atoms with Gasteiger partial charge in [-0.2, -0.15) is 4.57 Å². The highest BCUT2D eigenvalue weighted by Gasteiger charge is 2.13. The fraction of sp³-hybridized carbons (Fsp3) is 0.118. The predicted octanol–water partition coefficient (Wildman–Crippen LogP) is -1.12. The van der Waals surface area contributed by atoms with Gasteiger partial charge in [-0.3, -0.25) is 0 Å². The van der Waals surface area contributed by atoms with Crippen molar-refractivity contribution in [2.45, 2.75) is 6.92 Å². The SMILES string of the molecule is Cc1cc(-c2ccccc2)c2ccccc2[n+]1C.[O-][Cl+3]([O-])([O-])[O-]. The summed E-state index contributed by atoms with van der Waals surface area (Å²) >= 11 is 0. The van der Waals surface area contributed by atoms with Gasteiger partial charge in [0.2, 0.25) is 5.52 Å².